The second-order valence-electron chi connectivity index (χ2n) is 4.94. The van der Waals surface area contributed by atoms with Gasteiger partial charge >= 0.3 is 6.18 Å². The maximum absolute atomic E-state index is 12.5. The van der Waals surface area contributed by atoms with Crippen LogP contribution >= 0.6 is 0 Å². The molecule has 102 valence electrons. The van der Waals surface area contributed by atoms with E-state index >= 15 is 0 Å². The summed E-state index contributed by atoms with van der Waals surface area (Å²) in [5.74, 6) is -1.78. The van der Waals surface area contributed by atoms with Crippen LogP contribution in [0.5, 0.6) is 0 Å². The smallest absolute Gasteiger partial charge is 0.390 e. The van der Waals surface area contributed by atoms with Crippen molar-refractivity contribution in [2.24, 2.45) is 5.92 Å². The van der Waals surface area contributed by atoms with Crippen molar-refractivity contribution >= 4 is 9.84 Å². The minimum absolute atomic E-state index is 0.0185. The van der Waals surface area contributed by atoms with Crippen LogP contribution in [0, 0.1) is 5.92 Å². The Morgan fingerprint density at radius 1 is 1.41 bits per heavy atom. The highest BCUT2D eigenvalue weighted by Crippen LogP contribution is 2.42. The number of sulfone groups is 1. The average Bonchev–Trinajstić information content (AvgIpc) is 2.13. The standard InChI is InChI=1S/C10H17F3O3S/c1-17(15,16)6-5-9(14)4-2-3-8(7-9)10(11,12)13/h8,14H,2-7H2,1H3. The minimum Gasteiger partial charge on any atom is -0.390 e. The summed E-state index contributed by atoms with van der Waals surface area (Å²) in [5.41, 5.74) is -1.48. The molecule has 0 aromatic carbocycles. The molecule has 0 bridgehead atoms. The topological polar surface area (TPSA) is 54.4 Å². The van der Waals surface area contributed by atoms with Crippen LogP contribution in [0.25, 0.3) is 0 Å². The Labute approximate surface area is 98.9 Å². The van der Waals surface area contributed by atoms with Crippen LogP contribution < -0.4 is 0 Å². The third-order valence-electron chi connectivity index (χ3n) is 3.22. The van der Waals surface area contributed by atoms with Crippen LogP contribution in [-0.2, 0) is 9.84 Å². The summed E-state index contributed by atoms with van der Waals surface area (Å²) >= 11 is 0. The third-order valence-corrected chi connectivity index (χ3v) is 4.17. The van der Waals surface area contributed by atoms with Crippen LogP contribution in [0.3, 0.4) is 0 Å². The fraction of sp³-hybridized carbons (Fsp3) is 1.00. The predicted molar refractivity (Wildman–Crippen MR) is 57.3 cm³/mol. The van der Waals surface area contributed by atoms with Gasteiger partial charge < -0.3 is 5.11 Å². The van der Waals surface area contributed by atoms with Gasteiger partial charge in [0.25, 0.3) is 0 Å². The quantitative estimate of drug-likeness (QED) is 0.855. The Kier molecular flexibility index (Phi) is 4.13. The van der Waals surface area contributed by atoms with E-state index in [1.165, 1.54) is 0 Å². The summed E-state index contributed by atoms with van der Waals surface area (Å²) in [4.78, 5) is 0. The first-order chi connectivity index (χ1) is 7.52. The molecule has 0 heterocycles. The highest BCUT2D eigenvalue weighted by atomic mass is 32.2. The lowest BCUT2D eigenvalue weighted by Gasteiger charge is -2.37. The zero-order valence-electron chi connectivity index (χ0n) is 9.63. The largest absolute Gasteiger partial charge is 0.391 e. The summed E-state index contributed by atoms with van der Waals surface area (Å²) in [7, 11) is -3.26. The number of aliphatic hydroxyl groups is 1. The van der Waals surface area contributed by atoms with Crippen molar-refractivity contribution in [1.29, 1.82) is 0 Å². The first kappa shape index (κ1) is 14.8. The first-order valence-corrected chi connectivity index (χ1v) is 7.55. The number of rotatable bonds is 3. The van der Waals surface area contributed by atoms with Gasteiger partial charge in [-0.25, -0.2) is 8.42 Å². The van der Waals surface area contributed by atoms with Crippen molar-refractivity contribution < 1.29 is 26.7 Å². The van der Waals surface area contributed by atoms with E-state index in [1.54, 1.807) is 0 Å². The molecular weight excluding hydrogens is 257 g/mol. The fourth-order valence-corrected chi connectivity index (χ4v) is 2.97. The molecule has 0 aliphatic heterocycles. The molecule has 1 saturated carbocycles. The Bertz CT molecular complexity index is 363. The molecule has 0 aromatic rings. The molecule has 17 heavy (non-hydrogen) atoms. The summed E-state index contributed by atoms with van der Waals surface area (Å²) in [6, 6.07) is 0. The highest BCUT2D eigenvalue weighted by Gasteiger charge is 2.46. The van der Waals surface area contributed by atoms with E-state index in [9.17, 15) is 26.7 Å². The Hall–Kier alpha value is -0.300. The van der Waals surface area contributed by atoms with E-state index in [2.05, 4.69) is 0 Å². The van der Waals surface area contributed by atoms with Gasteiger partial charge in [-0.1, -0.05) is 0 Å². The van der Waals surface area contributed by atoms with E-state index in [1.807, 2.05) is 0 Å². The summed E-state index contributed by atoms with van der Waals surface area (Å²) in [6.45, 7) is 0. The van der Waals surface area contributed by atoms with Gasteiger partial charge in [-0.2, -0.15) is 13.2 Å². The maximum Gasteiger partial charge on any atom is 0.391 e. The monoisotopic (exact) mass is 274 g/mol. The summed E-state index contributed by atoms with van der Waals surface area (Å²) < 4.78 is 59.5. The maximum atomic E-state index is 12.5. The van der Waals surface area contributed by atoms with Crippen molar-refractivity contribution in [3.63, 3.8) is 0 Å². The molecule has 0 amide bonds. The van der Waals surface area contributed by atoms with Crippen molar-refractivity contribution in [3.8, 4) is 0 Å². The molecule has 1 fully saturated rings. The van der Waals surface area contributed by atoms with E-state index < -0.39 is 27.5 Å². The van der Waals surface area contributed by atoms with E-state index in [0.717, 1.165) is 6.26 Å². The lowest BCUT2D eigenvalue weighted by atomic mass is 9.76. The number of halogens is 3. The Morgan fingerprint density at radius 3 is 2.47 bits per heavy atom. The molecular formula is C10H17F3O3S. The second kappa shape index (κ2) is 4.76. The molecule has 0 radical (unpaired) electrons. The summed E-state index contributed by atoms with van der Waals surface area (Å²) in [6.07, 6.45) is -3.24. The molecule has 1 N–H and O–H groups in total. The number of hydrogen-bond donors (Lipinski definition) is 1. The predicted octanol–water partition coefficient (Wildman–Crippen LogP) is 1.90. The van der Waals surface area contributed by atoms with E-state index in [4.69, 9.17) is 0 Å². The first-order valence-electron chi connectivity index (χ1n) is 5.49. The number of hydrogen-bond acceptors (Lipinski definition) is 3. The summed E-state index contributed by atoms with van der Waals surface area (Å²) in [5, 5.41) is 10.0. The van der Waals surface area contributed by atoms with Crippen molar-refractivity contribution in [3.05, 3.63) is 0 Å². The molecule has 3 nitrogen and oxygen atoms in total. The van der Waals surface area contributed by atoms with Crippen LogP contribution in [0.4, 0.5) is 13.2 Å². The molecule has 2 atom stereocenters. The molecule has 7 heteroatoms. The molecule has 0 aromatic heterocycles. The minimum atomic E-state index is -4.31. The van der Waals surface area contributed by atoms with Crippen LogP contribution in [0.1, 0.15) is 32.1 Å². The van der Waals surface area contributed by atoms with Gasteiger partial charge in [-0.3, -0.25) is 0 Å². The van der Waals surface area contributed by atoms with Gasteiger partial charge in [0, 0.05) is 6.26 Å². The number of alkyl halides is 3. The molecule has 1 aliphatic carbocycles. The second-order valence-corrected chi connectivity index (χ2v) is 7.20. The fourth-order valence-electron chi connectivity index (χ4n) is 2.22. The van der Waals surface area contributed by atoms with Gasteiger partial charge in [0.15, 0.2) is 0 Å². The van der Waals surface area contributed by atoms with Crippen LogP contribution in [0.15, 0.2) is 0 Å². The lowest BCUT2D eigenvalue weighted by Crippen LogP contribution is -2.41. The van der Waals surface area contributed by atoms with Crippen molar-refractivity contribution in [1.82, 2.24) is 0 Å². The molecule has 2 unspecified atom stereocenters. The van der Waals surface area contributed by atoms with Gasteiger partial charge in [0.1, 0.15) is 9.84 Å². The average molecular weight is 274 g/mol. The SMILES string of the molecule is CS(=O)(=O)CCC1(O)CCCC(C(F)(F)F)C1. The lowest BCUT2D eigenvalue weighted by molar-refractivity contribution is -0.200. The third kappa shape index (κ3) is 4.83. The van der Waals surface area contributed by atoms with E-state index in [-0.39, 0.29) is 37.9 Å². The highest BCUT2D eigenvalue weighted by molar-refractivity contribution is 7.90. The Balaban J connectivity index is 2.64. The molecule has 1 rings (SSSR count). The van der Waals surface area contributed by atoms with Crippen LogP contribution in [0.2, 0.25) is 0 Å². The zero-order valence-corrected chi connectivity index (χ0v) is 10.4. The molecule has 1 aliphatic rings. The van der Waals surface area contributed by atoms with Crippen LogP contribution in [-0.4, -0.2) is 37.3 Å². The molecule has 0 saturated heterocycles. The molecule has 0 spiro atoms. The van der Waals surface area contributed by atoms with Crippen molar-refractivity contribution in [2.75, 3.05) is 12.0 Å². The van der Waals surface area contributed by atoms with Crippen molar-refractivity contribution in [2.45, 2.75) is 43.9 Å². The van der Waals surface area contributed by atoms with Gasteiger partial charge in [0.05, 0.1) is 17.3 Å². The normalized spacial score (nSPS) is 31.5. The van der Waals surface area contributed by atoms with Gasteiger partial charge in [-0.15, -0.1) is 0 Å². The zero-order chi connectivity index (χ0) is 13.3. The van der Waals surface area contributed by atoms with Gasteiger partial charge in [-0.05, 0) is 32.1 Å². The van der Waals surface area contributed by atoms with Gasteiger partial charge in [0.2, 0.25) is 0 Å². The van der Waals surface area contributed by atoms with E-state index in [0.29, 0.717) is 0 Å². The Morgan fingerprint density at radius 2 is 2.00 bits per heavy atom.